The highest BCUT2D eigenvalue weighted by Gasteiger charge is 2.28. The summed E-state index contributed by atoms with van der Waals surface area (Å²) >= 11 is 6.54. The number of rotatable bonds is 4. The van der Waals surface area contributed by atoms with Crippen LogP contribution in [0.3, 0.4) is 0 Å². The Morgan fingerprint density at radius 3 is 2.48 bits per heavy atom. The van der Waals surface area contributed by atoms with Gasteiger partial charge in [0.25, 0.3) is 5.91 Å². The average molecular weight is 360 g/mol. The summed E-state index contributed by atoms with van der Waals surface area (Å²) in [6.07, 6.45) is 5.82. The van der Waals surface area contributed by atoms with Crippen LogP contribution in [0.5, 0.6) is 0 Å². The maximum Gasteiger partial charge on any atom is 0.258 e. The molecule has 5 heteroatoms. The van der Waals surface area contributed by atoms with E-state index >= 15 is 0 Å². The molecule has 0 bridgehead atoms. The smallest absolute Gasteiger partial charge is 0.258 e. The summed E-state index contributed by atoms with van der Waals surface area (Å²) in [5, 5.41) is 4.95. The first-order valence-electron chi connectivity index (χ1n) is 9.03. The van der Waals surface area contributed by atoms with Gasteiger partial charge >= 0.3 is 0 Å². The molecule has 2 aromatic rings. The van der Waals surface area contributed by atoms with E-state index in [1.807, 2.05) is 18.9 Å². The molecule has 0 atom stereocenters. The molecule has 0 N–H and O–H groups in total. The molecule has 3 rings (SSSR count). The van der Waals surface area contributed by atoms with Crippen molar-refractivity contribution in [2.75, 3.05) is 7.05 Å². The van der Waals surface area contributed by atoms with Crippen LogP contribution in [0.2, 0.25) is 5.15 Å². The monoisotopic (exact) mass is 359 g/mol. The van der Waals surface area contributed by atoms with Crippen molar-refractivity contribution in [3.63, 3.8) is 0 Å². The van der Waals surface area contributed by atoms with Crippen molar-refractivity contribution in [2.24, 2.45) is 0 Å². The molecule has 1 saturated carbocycles. The van der Waals surface area contributed by atoms with Crippen molar-refractivity contribution < 1.29 is 4.79 Å². The van der Waals surface area contributed by atoms with Crippen LogP contribution < -0.4 is 0 Å². The molecule has 1 aromatic carbocycles. The minimum absolute atomic E-state index is 0.00967. The first kappa shape index (κ1) is 18.0. The first-order valence-corrected chi connectivity index (χ1v) is 9.40. The molecule has 0 spiro atoms. The Hall–Kier alpha value is -1.81. The SMILES string of the molecule is Cc1ccc(Cn2nc(C)c(C(=O)N(C)C3CCCCC3)c2Cl)cc1. The molecule has 25 heavy (non-hydrogen) atoms. The highest BCUT2D eigenvalue weighted by atomic mass is 35.5. The zero-order chi connectivity index (χ0) is 18.0. The second-order valence-corrected chi connectivity index (χ2v) is 7.46. The van der Waals surface area contributed by atoms with E-state index in [4.69, 9.17) is 11.6 Å². The molecule has 1 aromatic heterocycles. The van der Waals surface area contributed by atoms with Crippen molar-refractivity contribution in [2.45, 2.75) is 58.5 Å². The van der Waals surface area contributed by atoms with Gasteiger partial charge in [-0.3, -0.25) is 4.79 Å². The van der Waals surface area contributed by atoms with Gasteiger partial charge in [-0.1, -0.05) is 60.7 Å². The van der Waals surface area contributed by atoms with E-state index in [1.165, 1.54) is 24.8 Å². The van der Waals surface area contributed by atoms with Crippen molar-refractivity contribution in [3.05, 3.63) is 51.8 Å². The molecule has 1 fully saturated rings. The summed E-state index contributed by atoms with van der Waals surface area (Å²) in [5.74, 6) is -0.00967. The second kappa shape index (κ2) is 7.61. The highest BCUT2D eigenvalue weighted by molar-refractivity contribution is 6.33. The molecule has 1 aliphatic rings. The topological polar surface area (TPSA) is 38.1 Å². The maximum absolute atomic E-state index is 13.0. The quantitative estimate of drug-likeness (QED) is 0.799. The standard InChI is InChI=1S/C20H26ClN3O/c1-14-9-11-16(12-10-14)13-24-19(21)18(15(2)22-24)20(25)23(3)17-7-5-4-6-8-17/h9-12,17H,4-8,13H2,1-3H3. The normalized spacial score (nSPS) is 15.4. The number of nitrogens with zero attached hydrogens (tertiary/aromatic N) is 3. The van der Waals surface area contributed by atoms with Crippen LogP contribution in [0, 0.1) is 13.8 Å². The fourth-order valence-electron chi connectivity index (χ4n) is 3.58. The molecule has 0 saturated heterocycles. The number of hydrogen-bond donors (Lipinski definition) is 0. The van der Waals surface area contributed by atoms with Crippen LogP contribution in [0.4, 0.5) is 0 Å². The van der Waals surface area contributed by atoms with Crippen LogP contribution in [0.1, 0.15) is 59.3 Å². The lowest BCUT2D eigenvalue weighted by atomic mass is 9.94. The summed E-state index contributed by atoms with van der Waals surface area (Å²) in [5.41, 5.74) is 3.58. The van der Waals surface area contributed by atoms with Crippen molar-refractivity contribution in [1.82, 2.24) is 14.7 Å². The van der Waals surface area contributed by atoms with E-state index in [-0.39, 0.29) is 5.91 Å². The van der Waals surface area contributed by atoms with Gasteiger partial charge in [0, 0.05) is 13.1 Å². The van der Waals surface area contributed by atoms with E-state index < -0.39 is 0 Å². The molecule has 134 valence electrons. The van der Waals surface area contributed by atoms with Gasteiger partial charge in [0.1, 0.15) is 5.15 Å². The predicted molar refractivity (Wildman–Crippen MR) is 101 cm³/mol. The molecule has 1 amide bonds. The molecule has 0 aliphatic heterocycles. The van der Waals surface area contributed by atoms with Gasteiger partial charge in [-0.05, 0) is 32.3 Å². The van der Waals surface area contributed by atoms with E-state index in [1.54, 1.807) is 4.68 Å². The Morgan fingerprint density at radius 2 is 1.84 bits per heavy atom. The van der Waals surface area contributed by atoms with Crippen LogP contribution in [-0.2, 0) is 6.54 Å². The third kappa shape index (κ3) is 3.90. The summed E-state index contributed by atoms with van der Waals surface area (Å²) < 4.78 is 1.73. The zero-order valence-corrected chi connectivity index (χ0v) is 16.0. The number of carbonyl (C=O) groups excluding carboxylic acids is 1. The lowest BCUT2D eigenvalue weighted by Gasteiger charge is -2.31. The number of amides is 1. The molecular formula is C20H26ClN3O. The number of hydrogen-bond acceptors (Lipinski definition) is 2. The number of halogens is 1. The third-order valence-electron chi connectivity index (χ3n) is 5.17. The fraction of sp³-hybridized carbons (Fsp3) is 0.500. The largest absolute Gasteiger partial charge is 0.339 e. The zero-order valence-electron chi connectivity index (χ0n) is 15.3. The first-order chi connectivity index (χ1) is 12.0. The minimum atomic E-state index is -0.00967. The predicted octanol–water partition coefficient (Wildman–Crippen LogP) is 4.61. The third-order valence-corrected chi connectivity index (χ3v) is 5.56. The number of benzene rings is 1. The van der Waals surface area contributed by atoms with Crippen molar-refractivity contribution in [1.29, 1.82) is 0 Å². The Labute approximate surface area is 154 Å². The van der Waals surface area contributed by atoms with Crippen LogP contribution in [0.25, 0.3) is 0 Å². The summed E-state index contributed by atoms with van der Waals surface area (Å²) in [4.78, 5) is 14.9. The van der Waals surface area contributed by atoms with Gasteiger partial charge in [-0.25, -0.2) is 4.68 Å². The van der Waals surface area contributed by atoms with E-state index in [0.717, 1.165) is 18.4 Å². The minimum Gasteiger partial charge on any atom is -0.339 e. The van der Waals surface area contributed by atoms with Crippen LogP contribution in [0.15, 0.2) is 24.3 Å². The molecule has 1 aliphatic carbocycles. The summed E-state index contributed by atoms with van der Waals surface area (Å²) in [6, 6.07) is 8.60. The maximum atomic E-state index is 13.0. The Kier molecular flexibility index (Phi) is 5.48. The van der Waals surface area contributed by atoms with Crippen molar-refractivity contribution in [3.8, 4) is 0 Å². The fourth-order valence-corrected chi connectivity index (χ4v) is 3.89. The van der Waals surface area contributed by atoms with Gasteiger partial charge in [0.15, 0.2) is 0 Å². The Balaban J connectivity index is 1.81. The number of aryl methyl sites for hydroxylation is 2. The van der Waals surface area contributed by atoms with Gasteiger partial charge in [0.05, 0.1) is 17.8 Å². The number of carbonyl (C=O) groups is 1. The van der Waals surface area contributed by atoms with E-state index in [9.17, 15) is 4.79 Å². The molecule has 0 radical (unpaired) electrons. The van der Waals surface area contributed by atoms with Gasteiger partial charge < -0.3 is 4.90 Å². The van der Waals surface area contributed by atoms with E-state index in [2.05, 4.69) is 36.3 Å². The van der Waals surface area contributed by atoms with Crippen molar-refractivity contribution >= 4 is 17.5 Å². The Morgan fingerprint density at radius 1 is 1.20 bits per heavy atom. The second-order valence-electron chi connectivity index (χ2n) is 7.10. The van der Waals surface area contributed by atoms with Crippen LogP contribution in [-0.4, -0.2) is 33.7 Å². The van der Waals surface area contributed by atoms with Gasteiger partial charge in [-0.2, -0.15) is 5.10 Å². The molecular weight excluding hydrogens is 334 g/mol. The molecule has 1 heterocycles. The highest BCUT2D eigenvalue weighted by Crippen LogP contribution is 2.27. The average Bonchev–Trinajstić information content (AvgIpc) is 2.90. The molecule has 0 unspecified atom stereocenters. The van der Waals surface area contributed by atoms with E-state index in [0.29, 0.717) is 29.0 Å². The van der Waals surface area contributed by atoms with Gasteiger partial charge in [0.2, 0.25) is 0 Å². The van der Waals surface area contributed by atoms with Gasteiger partial charge in [-0.15, -0.1) is 0 Å². The summed E-state index contributed by atoms with van der Waals surface area (Å²) in [6.45, 7) is 4.49. The summed E-state index contributed by atoms with van der Waals surface area (Å²) in [7, 11) is 1.89. The lowest BCUT2D eigenvalue weighted by molar-refractivity contribution is 0.0695. The Bertz CT molecular complexity index is 745. The number of aromatic nitrogens is 2. The van der Waals surface area contributed by atoms with Crippen LogP contribution >= 0.6 is 11.6 Å². The molecule has 4 nitrogen and oxygen atoms in total. The lowest BCUT2D eigenvalue weighted by Crippen LogP contribution is -2.38.